The molecule has 0 fully saturated rings. The van der Waals surface area contributed by atoms with Crippen LogP contribution >= 0.6 is 11.6 Å². The monoisotopic (exact) mass is 472 g/mol. The first-order valence-electron chi connectivity index (χ1n) is 10.5. The lowest BCUT2D eigenvalue weighted by molar-refractivity contribution is 0.284. The number of methoxy groups -OCH3 is 1. The van der Waals surface area contributed by atoms with Gasteiger partial charge in [0.05, 0.1) is 18.8 Å². The van der Waals surface area contributed by atoms with Crippen molar-refractivity contribution in [1.82, 2.24) is 19.7 Å². The predicted octanol–water partition coefficient (Wildman–Crippen LogP) is 5.20. The number of benzene rings is 3. The van der Waals surface area contributed by atoms with Gasteiger partial charge in [0.15, 0.2) is 17.1 Å². The maximum absolute atomic E-state index is 5.93. The number of rotatable bonds is 7. The second-order valence-electron chi connectivity index (χ2n) is 7.58. The van der Waals surface area contributed by atoms with Crippen LogP contribution in [0.3, 0.4) is 0 Å². The van der Waals surface area contributed by atoms with Gasteiger partial charge in [0.1, 0.15) is 12.1 Å². The number of aryl methyl sites for hydroxylation is 1. The molecule has 34 heavy (non-hydrogen) atoms. The topological polar surface area (TPSA) is 86.5 Å². The van der Waals surface area contributed by atoms with E-state index in [0.29, 0.717) is 29.1 Å². The summed E-state index contributed by atoms with van der Waals surface area (Å²) < 4.78 is 13.4. The molecule has 0 atom stereocenters. The van der Waals surface area contributed by atoms with Crippen molar-refractivity contribution in [3.05, 3.63) is 82.9 Å². The summed E-state index contributed by atoms with van der Waals surface area (Å²) in [6.07, 6.45) is 1.65. The maximum Gasteiger partial charge on any atom is 0.265 e. The molecule has 0 aliphatic heterocycles. The van der Waals surface area contributed by atoms with E-state index in [2.05, 4.69) is 25.7 Å². The van der Waals surface area contributed by atoms with Gasteiger partial charge in [0.2, 0.25) is 0 Å². The van der Waals surface area contributed by atoms with Crippen molar-refractivity contribution in [2.75, 3.05) is 12.5 Å². The van der Waals surface area contributed by atoms with E-state index in [9.17, 15) is 0 Å². The summed E-state index contributed by atoms with van der Waals surface area (Å²) >= 11 is 5.93. The van der Waals surface area contributed by atoms with Gasteiger partial charge in [-0.05, 0) is 47.5 Å². The fourth-order valence-corrected chi connectivity index (χ4v) is 3.77. The number of anilines is 1. The Kier molecular flexibility index (Phi) is 5.97. The number of fused-ring (bicyclic) bond motifs is 3. The van der Waals surface area contributed by atoms with Crippen molar-refractivity contribution in [3.8, 4) is 11.5 Å². The number of nitrogens with zero attached hydrogens (tertiary/aromatic N) is 5. The highest BCUT2D eigenvalue weighted by atomic mass is 35.5. The average molecular weight is 473 g/mol. The quantitative estimate of drug-likeness (QED) is 0.258. The SMILES string of the molecule is COc1cc(/C=N/Nc2nnc3c4ccccc4n(C)c3n2)ccc1OCc1ccc(Cl)cc1. The second kappa shape index (κ2) is 9.36. The fraction of sp³-hybridized carbons (Fsp3) is 0.120. The molecule has 0 unspecified atom stereocenters. The normalized spacial score (nSPS) is 11.4. The summed E-state index contributed by atoms with van der Waals surface area (Å²) in [5.74, 6) is 1.55. The van der Waals surface area contributed by atoms with E-state index in [1.54, 1.807) is 13.3 Å². The molecule has 9 heteroatoms. The minimum Gasteiger partial charge on any atom is -0.493 e. The van der Waals surface area contributed by atoms with Crippen LogP contribution in [0.2, 0.25) is 5.02 Å². The first-order valence-corrected chi connectivity index (χ1v) is 10.9. The van der Waals surface area contributed by atoms with E-state index in [1.165, 1.54) is 0 Å². The van der Waals surface area contributed by atoms with Crippen LogP contribution in [-0.2, 0) is 13.7 Å². The summed E-state index contributed by atoms with van der Waals surface area (Å²) in [6.45, 7) is 0.406. The number of halogens is 1. The number of hydrazone groups is 1. The van der Waals surface area contributed by atoms with Crippen molar-refractivity contribution < 1.29 is 9.47 Å². The molecule has 8 nitrogen and oxygen atoms in total. The molecule has 0 aliphatic carbocycles. The number of hydrogen-bond donors (Lipinski definition) is 1. The first kappa shape index (κ1) is 21.7. The summed E-state index contributed by atoms with van der Waals surface area (Å²) in [6, 6.07) is 21.1. The van der Waals surface area contributed by atoms with Crippen LogP contribution in [0, 0.1) is 0 Å². The van der Waals surface area contributed by atoms with E-state index in [4.69, 9.17) is 21.1 Å². The summed E-state index contributed by atoms with van der Waals surface area (Å²) in [4.78, 5) is 4.56. The van der Waals surface area contributed by atoms with Gasteiger partial charge in [0, 0.05) is 17.5 Å². The van der Waals surface area contributed by atoms with Crippen molar-refractivity contribution in [3.63, 3.8) is 0 Å². The van der Waals surface area contributed by atoms with E-state index < -0.39 is 0 Å². The lowest BCUT2D eigenvalue weighted by Crippen LogP contribution is -2.01. The van der Waals surface area contributed by atoms with Crippen LogP contribution < -0.4 is 14.9 Å². The van der Waals surface area contributed by atoms with Crippen molar-refractivity contribution >= 4 is 45.8 Å². The van der Waals surface area contributed by atoms with Crippen LogP contribution in [0.15, 0.2) is 71.8 Å². The minimum atomic E-state index is 0.310. The predicted molar refractivity (Wildman–Crippen MR) is 134 cm³/mol. The smallest absolute Gasteiger partial charge is 0.265 e. The van der Waals surface area contributed by atoms with Gasteiger partial charge in [-0.3, -0.25) is 0 Å². The molecule has 3 aromatic carbocycles. The lowest BCUT2D eigenvalue weighted by Gasteiger charge is -2.11. The first-order chi connectivity index (χ1) is 16.6. The van der Waals surface area contributed by atoms with Crippen molar-refractivity contribution in [2.45, 2.75) is 6.61 Å². The van der Waals surface area contributed by atoms with Crippen molar-refractivity contribution in [1.29, 1.82) is 0 Å². The van der Waals surface area contributed by atoms with Gasteiger partial charge in [-0.15, -0.1) is 10.2 Å². The molecule has 0 spiro atoms. The second-order valence-corrected chi connectivity index (χ2v) is 8.02. The summed E-state index contributed by atoms with van der Waals surface area (Å²) in [5.41, 5.74) is 7.22. The molecule has 5 aromatic rings. The van der Waals surface area contributed by atoms with Crippen LogP contribution in [0.1, 0.15) is 11.1 Å². The zero-order valence-corrected chi connectivity index (χ0v) is 19.3. The molecule has 2 heterocycles. The Morgan fingerprint density at radius 3 is 2.68 bits per heavy atom. The maximum atomic E-state index is 5.93. The molecular weight excluding hydrogens is 452 g/mol. The number of para-hydroxylation sites is 1. The highest BCUT2D eigenvalue weighted by Gasteiger charge is 2.12. The minimum absolute atomic E-state index is 0.310. The highest BCUT2D eigenvalue weighted by molar-refractivity contribution is 6.30. The lowest BCUT2D eigenvalue weighted by atomic mass is 10.2. The zero-order valence-electron chi connectivity index (χ0n) is 18.6. The number of ether oxygens (including phenoxy) is 2. The molecule has 1 N–H and O–H groups in total. The summed E-state index contributed by atoms with van der Waals surface area (Å²) in [5, 5.41) is 14.4. The molecule has 0 amide bonds. The standard InChI is InChI=1S/C25H21ClN6O2/c1-32-20-6-4-3-5-19(20)23-24(32)28-25(31-29-23)30-27-14-17-9-12-21(22(13-17)33-2)34-15-16-7-10-18(26)11-8-16/h3-14H,15H2,1-2H3,(H,28,30,31)/b27-14+. The molecule has 0 saturated carbocycles. The van der Waals surface area contributed by atoms with E-state index in [-0.39, 0.29) is 0 Å². The highest BCUT2D eigenvalue weighted by Crippen LogP contribution is 2.29. The number of nitrogens with one attached hydrogen (secondary N) is 1. The molecule has 0 bridgehead atoms. The van der Waals surface area contributed by atoms with E-state index >= 15 is 0 Å². The van der Waals surface area contributed by atoms with E-state index in [1.807, 2.05) is 78.3 Å². The molecule has 0 radical (unpaired) electrons. The molecule has 5 rings (SSSR count). The van der Waals surface area contributed by atoms with Gasteiger partial charge >= 0.3 is 0 Å². The number of hydrogen-bond acceptors (Lipinski definition) is 7. The third-order valence-corrected chi connectivity index (χ3v) is 5.63. The van der Waals surface area contributed by atoms with Crippen molar-refractivity contribution in [2.24, 2.45) is 12.1 Å². The van der Waals surface area contributed by atoms with E-state index in [0.717, 1.165) is 33.2 Å². The van der Waals surface area contributed by atoms with Gasteiger partial charge in [-0.25, -0.2) is 5.43 Å². The van der Waals surface area contributed by atoms with Crippen LogP contribution in [0.5, 0.6) is 11.5 Å². The van der Waals surface area contributed by atoms with Gasteiger partial charge in [-0.1, -0.05) is 41.9 Å². The molecule has 0 aliphatic rings. The Morgan fingerprint density at radius 2 is 1.85 bits per heavy atom. The third kappa shape index (κ3) is 4.35. The number of aromatic nitrogens is 4. The van der Waals surface area contributed by atoms with Gasteiger partial charge < -0.3 is 14.0 Å². The Hall–Kier alpha value is -4.17. The summed E-state index contributed by atoms with van der Waals surface area (Å²) in [7, 11) is 3.55. The molecule has 2 aromatic heterocycles. The molecule has 170 valence electrons. The Labute approximate surface area is 200 Å². The molecule has 0 saturated heterocycles. The Balaban J connectivity index is 1.29. The van der Waals surface area contributed by atoms with Crippen LogP contribution in [0.4, 0.5) is 5.95 Å². The largest absolute Gasteiger partial charge is 0.493 e. The zero-order chi connectivity index (χ0) is 23.5. The van der Waals surface area contributed by atoms with Gasteiger partial charge in [0.25, 0.3) is 5.95 Å². The Bertz CT molecular complexity index is 1500. The molecular formula is C25H21ClN6O2. The van der Waals surface area contributed by atoms with Crippen LogP contribution in [-0.4, -0.2) is 33.1 Å². The van der Waals surface area contributed by atoms with Crippen LogP contribution in [0.25, 0.3) is 22.1 Å². The Morgan fingerprint density at radius 1 is 1.03 bits per heavy atom. The average Bonchev–Trinajstić information content (AvgIpc) is 3.15. The fourth-order valence-electron chi connectivity index (χ4n) is 3.64. The van der Waals surface area contributed by atoms with Gasteiger partial charge in [-0.2, -0.15) is 10.1 Å². The third-order valence-electron chi connectivity index (χ3n) is 5.38.